The van der Waals surface area contributed by atoms with Gasteiger partial charge in [0.25, 0.3) is 5.91 Å². The largest absolute Gasteiger partial charge is 0.435 e. The number of nitrogens with one attached hydrogen (secondary N) is 1. The number of rotatable bonds is 6. The van der Waals surface area contributed by atoms with Gasteiger partial charge in [-0.15, -0.1) is 0 Å². The zero-order valence-electron chi connectivity index (χ0n) is 11.8. The van der Waals surface area contributed by atoms with E-state index in [1.165, 1.54) is 18.2 Å². The number of alkyl halides is 2. The van der Waals surface area contributed by atoms with Crippen LogP contribution in [0.3, 0.4) is 0 Å². The maximum atomic E-state index is 12.2. The number of benzene rings is 1. The van der Waals surface area contributed by atoms with Crippen LogP contribution in [0.2, 0.25) is 0 Å². The summed E-state index contributed by atoms with van der Waals surface area (Å²) in [6.45, 7) is -1.84. The van der Waals surface area contributed by atoms with E-state index in [0.29, 0.717) is 18.7 Å². The van der Waals surface area contributed by atoms with Gasteiger partial charge in [0.05, 0.1) is 0 Å². The lowest BCUT2D eigenvalue weighted by Gasteiger charge is -2.27. The number of carbonyl (C=O) groups is 1. The second-order valence-corrected chi connectivity index (χ2v) is 5.50. The summed E-state index contributed by atoms with van der Waals surface area (Å²) >= 11 is 0. The van der Waals surface area contributed by atoms with Crippen LogP contribution in [0.1, 0.15) is 36.0 Å². The Bertz CT molecular complexity index is 488. The minimum Gasteiger partial charge on any atom is -0.435 e. The standard InChI is InChI=1S/C15H20F2N2O2/c16-14(17)21-12-5-3-4-11(8-12)13(20)19-10-15(9-18)6-1-2-7-15/h3-5,8,14H,1-2,6-7,9-10,18H2,(H,19,20). The smallest absolute Gasteiger partial charge is 0.387 e. The number of nitrogens with two attached hydrogens (primary N) is 1. The summed E-state index contributed by atoms with van der Waals surface area (Å²) in [7, 11) is 0. The van der Waals surface area contributed by atoms with Crippen LogP contribution >= 0.6 is 0 Å². The molecule has 116 valence electrons. The van der Waals surface area contributed by atoms with Gasteiger partial charge in [0, 0.05) is 12.1 Å². The second kappa shape index (κ2) is 6.85. The van der Waals surface area contributed by atoms with Crippen LogP contribution in [-0.4, -0.2) is 25.6 Å². The highest BCUT2D eigenvalue weighted by Gasteiger charge is 2.32. The van der Waals surface area contributed by atoms with Gasteiger partial charge in [0.1, 0.15) is 5.75 Å². The van der Waals surface area contributed by atoms with Crippen molar-refractivity contribution < 1.29 is 18.3 Å². The molecule has 2 rings (SSSR count). The number of amides is 1. The van der Waals surface area contributed by atoms with Gasteiger partial charge in [-0.2, -0.15) is 8.78 Å². The molecule has 1 saturated carbocycles. The predicted molar refractivity (Wildman–Crippen MR) is 75.4 cm³/mol. The van der Waals surface area contributed by atoms with Crippen molar-refractivity contribution in [2.45, 2.75) is 32.3 Å². The number of hydrogen-bond acceptors (Lipinski definition) is 3. The first-order chi connectivity index (χ1) is 10.0. The molecule has 1 aromatic carbocycles. The molecular weight excluding hydrogens is 278 g/mol. The third kappa shape index (κ3) is 4.14. The van der Waals surface area contributed by atoms with E-state index in [0.717, 1.165) is 25.7 Å². The minimum absolute atomic E-state index is 0.0211. The summed E-state index contributed by atoms with van der Waals surface area (Å²) in [5.41, 5.74) is 6.10. The van der Waals surface area contributed by atoms with Gasteiger partial charge in [-0.05, 0) is 43.0 Å². The van der Waals surface area contributed by atoms with Crippen LogP contribution in [0.25, 0.3) is 0 Å². The topological polar surface area (TPSA) is 64.3 Å². The maximum absolute atomic E-state index is 12.2. The van der Waals surface area contributed by atoms with Gasteiger partial charge in [0.2, 0.25) is 0 Å². The maximum Gasteiger partial charge on any atom is 0.387 e. The fraction of sp³-hybridized carbons (Fsp3) is 0.533. The lowest BCUT2D eigenvalue weighted by Crippen LogP contribution is -2.40. The Morgan fingerprint density at radius 3 is 2.71 bits per heavy atom. The number of hydrogen-bond donors (Lipinski definition) is 2. The van der Waals surface area contributed by atoms with E-state index in [4.69, 9.17) is 5.73 Å². The fourth-order valence-corrected chi connectivity index (χ4v) is 2.76. The average molecular weight is 298 g/mol. The summed E-state index contributed by atoms with van der Waals surface area (Å²) in [6.07, 6.45) is 4.28. The molecular formula is C15H20F2N2O2. The highest BCUT2D eigenvalue weighted by Crippen LogP contribution is 2.36. The second-order valence-electron chi connectivity index (χ2n) is 5.50. The zero-order valence-corrected chi connectivity index (χ0v) is 11.8. The normalized spacial score (nSPS) is 17.0. The first kappa shape index (κ1) is 15.7. The van der Waals surface area contributed by atoms with Gasteiger partial charge < -0.3 is 15.8 Å². The summed E-state index contributed by atoms with van der Waals surface area (Å²) in [5, 5.41) is 2.85. The van der Waals surface area contributed by atoms with E-state index in [2.05, 4.69) is 10.1 Å². The van der Waals surface area contributed by atoms with Crippen molar-refractivity contribution in [3.8, 4) is 5.75 Å². The molecule has 3 N–H and O–H groups in total. The molecule has 0 heterocycles. The van der Waals surface area contributed by atoms with E-state index >= 15 is 0 Å². The molecule has 0 unspecified atom stereocenters. The van der Waals surface area contributed by atoms with Crippen LogP contribution < -0.4 is 15.8 Å². The fourth-order valence-electron chi connectivity index (χ4n) is 2.76. The van der Waals surface area contributed by atoms with E-state index in [9.17, 15) is 13.6 Å². The molecule has 0 aliphatic heterocycles. The van der Waals surface area contributed by atoms with E-state index < -0.39 is 6.61 Å². The molecule has 0 bridgehead atoms. The van der Waals surface area contributed by atoms with Crippen LogP contribution in [0, 0.1) is 5.41 Å². The first-order valence-corrected chi connectivity index (χ1v) is 7.08. The molecule has 6 heteroatoms. The predicted octanol–water partition coefficient (Wildman–Crippen LogP) is 2.54. The zero-order chi connectivity index (χ0) is 15.3. The number of ether oxygens (including phenoxy) is 1. The minimum atomic E-state index is -2.90. The Morgan fingerprint density at radius 1 is 1.38 bits per heavy atom. The molecule has 0 spiro atoms. The Balaban J connectivity index is 1.96. The number of halogens is 2. The van der Waals surface area contributed by atoms with Crippen molar-refractivity contribution in [1.29, 1.82) is 0 Å². The molecule has 0 saturated heterocycles. The van der Waals surface area contributed by atoms with Gasteiger partial charge in [-0.25, -0.2) is 0 Å². The first-order valence-electron chi connectivity index (χ1n) is 7.08. The summed E-state index contributed by atoms with van der Waals surface area (Å²) in [5.74, 6) is -0.318. The molecule has 1 fully saturated rings. The molecule has 0 aromatic heterocycles. The molecule has 1 amide bonds. The lowest BCUT2D eigenvalue weighted by molar-refractivity contribution is -0.0498. The van der Waals surface area contributed by atoms with Crippen molar-refractivity contribution in [1.82, 2.24) is 5.32 Å². The van der Waals surface area contributed by atoms with Crippen molar-refractivity contribution >= 4 is 5.91 Å². The van der Waals surface area contributed by atoms with Gasteiger partial charge >= 0.3 is 6.61 Å². The van der Waals surface area contributed by atoms with Crippen LogP contribution in [-0.2, 0) is 0 Å². The molecule has 0 atom stereocenters. The molecule has 4 nitrogen and oxygen atoms in total. The molecule has 1 aliphatic rings. The van der Waals surface area contributed by atoms with E-state index in [1.807, 2.05) is 0 Å². The Labute approximate surface area is 122 Å². The third-order valence-electron chi connectivity index (χ3n) is 4.04. The Morgan fingerprint density at radius 2 is 2.10 bits per heavy atom. The van der Waals surface area contributed by atoms with Crippen molar-refractivity contribution in [2.75, 3.05) is 13.1 Å². The van der Waals surface area contributed by atoms with Crippen molar-refractivity contribution in [2.24, 2.45) is 11.1 Å². The summed E-state index contributed by atoms with van der Waals surface area (Å²) in [6, 6.07) is 5.78. The average Bonchev–Trinajstić information content (AvgIpc) is 2.94. The van der Waals surface area contributed by atoms with Crippen molar-refractivity contribution in [3.63, 3.8) is 0 Å². The molecule has 1 aliphatic carbocycles. The summed E-state index contributed by atoms with van der Waals surface area (Å²) in [4.78, 5) is 12.1. The van der Waals surface area contributed by atoms with Crippen LogP contribution in [0.15, 0.2) is 24.3 Å². The highest BCUT2D eigenvalue weighted by molar-refractivity contribution is 5.94. The Kier molecular flexibility index (Phi) is 5.12. The molecule has 21 heavy (non-hydrogen) atoms. The quantitative estimate of drug-likeness (QED) is 0.848. The van der Waals surface area contributed by atoms with E-state index in [-0.39, 0.29) is 17.1 Å². The highest BCUT2D eigenvalue weighted by atomic mass is 19.3. The van der Waals surface area contributed by atoms with Crippen LogP contribution in [0.5, 0.6) is 5.75 Å². The number of carbonyl (C=O) groups excluding carboxylic acids is 1. The molecule has 1 aromatic rings. The van der Waals surface area contributed by atoms with Gasteiger partial charge in [0.15, 0.2) is 0 Å². The van der Waals surface area contributed by atoms with E-state index in [1.54, 1.807) is 6.07 Å². The molecule has 0 radical (unpaired) electrons. The lowest BCUT2D eigenvalue weighted by atomic mass is 9.86. The van der Waals surface area contributed by atoms with Gasteiger partial charge in [-0.3, -0.25) is 4.79 Å². The Hall–Kier alpha value is -1.69. The van der Waals surface area contributed by atoms with Crippen LogP contribution in [0.4, 0.5) is 8.78 Å². The van der Waals surface area contributed by atoms with Crippen molar-refractivity contribution in [3.05, 3.63) is 29.8 Å². The summed E-state index contributed by atoms with van der Waals surface area (Å²) < 4.78 is 28.6. The monoisotopic (exact) mass is 298 g/mol. The SMILES string of the molecule is NCC1(CNC(=O)c2cccc(OC(F)F)c2)CCCC1. The third-order valence-corrected chi connectivity index (χ3v) is 4.04. The van der Waals surface area contributed by atoms with Gasteiger partial charge in [-0.1, -0.05) is 18.9 Å².